The highest BCUT2D eigenvalue weighted by Crippen LogP contribution is 2.40. The average molecular weight is 305 g/mol. The lowest BCUT2D eigenvalue weighted by atomic mass is 10.3. The van der Waals surface area contributed by atoms with Gasteiger partial charge in [0.15, 0.2) is 0 Å². The molecule has 0 fully saturated rings. The molecule has 0 saturated carbocycles. The second kappa shape index (κ2) is 6.15. The molecule has 0 aliphatic rings. The third kappa shape index (κ3) is 3.29. The molecule has 1 rings (SSSR count). The predicted molar refractivity (Wildman–Crippen MR) is 68.1 cm³/mol. The second-order valence-electron chi connectivity index (χ2n) is 3.07. The highest BCUT2D eigenvalue weighted by atomic mass is 35.5. The van der Waals surface area contributed by atoms with E-state index >= 15 is 0 Å². The first-order valence-corrected chi connectivity index (χ1v) is 5.84. The van der Waals surface area contributed by atoms with E-state index in [-0.39, 0.29) is 33.2 Å². The summed E-state index contributed by atoms with van der Waals surface area (Å²) in [5.74, 6) is 0. The SMILES string of the molecule is OCC(O)CNc1cc(Cl)c(Cl)c(Cl)c1Cl. The number of anilines is 1. The summed E-state index contributed by atoms with van der Waals surface area (Å²) < 4.78 is 0. The van der Waals surface area contributed by atoms with Crippen molar-refractivity contribution >= 4 is 52.1 Å². The van der Waals surface area contributed by atoms with Crippen LogP contribution in [-0.4, -0.2) is 29.5 Å². The Labute approximate surface area is 113 Å². The molecule has 1 unspecified atom stereocenters. The molecule has 7 heteroatoms. The molecule has 0 aliphatic carbocycles. The van der Waals surface area contributed by atoms with Crippen LogP contribution in [0.2, 0.25) is 20.1 Å². The molecule has 1 atom stereocenters. The van der Waals surface area contributed by atoms with E-state index in [1.54, 1.807) is 0 Å². The van der Waals surface area contributed by atoms with Crippen molar-refractivity contribution in [1.29, 1.82) is 0 Å². The van der Waals surface area contributed by atoms with Gasteiger partial charge in [0, 0.05) is 6.54 Å². The van der Waals surface area contributed by atoms with Gasteiger partial charge in [0.25, 0.3) is 0 Å². The fourth-order valence-electron chi connectivity index (χ4n) is 0.994. The number of aliphatic hydroxyl groups is 2. The molecule has 1 aromatic rings. The summed E-state index contributed by atoms with van der Waals surface area (Å²) in [6, 6.07) is 1.50. The van der Waals surface area contributed by atoms with Gasteiger partial charge in [-0.2, -0.15) is 0 Å². The Morgan fingerprint density at radius 3 is 2.31 bits per heavy atom. The smallest absolute Gasteiger partial charge is 0.0942 e. The molecule has 1 aromatic carbocycles. The van der Waals surface area contributed by atoms with E-state index in [1.165, 1.54) is 6.07 Å². The van der Waals surface area contributed by atoms with E-state index in [2.05, 4.69) is 5.32 Å². The Morgan fingerprint density at radius 1 is 1.12 bits per heavy atom. The molecule has 0 aromatic heterocycles. The van der Waals surface area contributed by atoms with Gasteiger partial charge in [-0.05, 0) is 6.07 Å². The molecule has 0 heterocycles. The molecule has 3 nitrogen and oxygen atoms in total. The summed E-state index contributed by atoms with van der Waals surface area (Å²) in [6.07, 6.45) is -0.885. The molecular formula is C9H9Cl4NO2. The molecule has 0 aliphatic heterocycles. The Hall–Kier alpha value is 0.1000. The largest absolute Gasteiger partial charge is 0.394 e. The zero-order valence-electron chi connectivity index (χ0n) is 7.98. The number of aliphatic hydroxyl groups excluding tert-OH is 2. The Morgan fingerprint density at radius 2 is 1.75 bits per heavy atom. The van der Waals surface area contributed by atoms with E-state index in [1.807, 2.05) is 0 Å². The summed E-state index contributed by atoms with van der Waals surface area (Å²) >= 11 is 23.3. The van der Waals surface area contributed by atoms with Gasteiger partial charge in [-0.25, -0.2) is 0 Å². The summed E-state index contributed by atoms with van der Waals surface area (Å²) in [5, 5.41) is 21.4. The molecule has 16 heavy (non-hydrogen) atoms. The van der Waals surface area contributed by atoms with Crippen molar-refractivity contribution in [2.24, 2.45) is 0 Å². The maximum atomic E-state index is 9.16. The predicted octanol–water partition coefficient (Wildman–Crippen LogP) is 3.07. The number of nitrogens with one attached hydrogen (secondary N) is 1. The maximum absolute atomic E-state index is 9.16. The molecule has 0 radical (unpaired) electrons. The molecule has 0 amide bonds. The van der Waals surface area contributed by atoms with Crippen LogP contribution >= 0.6 is 46.4 Å². The lowest BCUT2D eigenvalue weighted by molar-refractivity contribution is 0.105. The van der Waals surface area contributed by atoms with Gasteiger partial charge in [-0.15, -0.1) is 0 Å². The highest BCUT2D eigenvalue weighted by molar-refractivity contribution is 6.52. The molecule has 0 bridgehead atoms. The summed E-state index contributed by atoms with van der Waals surface area (Å²) in [4.78, 5) is 0. The molecule has 3 N–H and O–H groups in total. The topological polar surface area (TPSA) is 52.5 Å². The minimum Gasteiger partial charge on any atom is -0.394 e. The summed E-state index contributed by atoms with van der Waals surface area (Å²) in [7, 11) is 0. The van der Waals surface area contributed by atoms with Gasteiger partial charge < -0.3 is 15.5 Å². The highest BCUT2D eigenvalue weighted by Gasteiger charge is 2.13. The van der Waals surface area contributed by atoms with Gasteiger partial charge >= 0.3 is 0 Å². The van der Waals surface area contributed by atoms with Crippen LogP contribution in [0.1, 0.15) is 0 Å². The van der Waals surface area contributed by atoms with Crippen LogP contribution in [0.15, 0.2) is 6.07 Å². The second-order valence-corrected chi connectivity index (χ2v) is 4.61. The van der Waals surface area contributed by atoms with Crippen molar-refractivity contribution in [2.75, 3.05) is 18.5 Å². The Kier molecular flexibility index (Phi) is 5.44. The van der Waals surface area contributed by atoms with Crippen LogP contribution in [0.3, 0.4) is 0 Å². The standard InChI is InChI=1S/C9H9Cl4NO2/c10-5-1-6(14-2-4(16)3-15)8(12)9(13)7(5)11/h1,4,14-16H,2-3H2. The van der Waals surface area contributed by atoms with Gasteiger partial charge in [0.05, 0.1) is 38.5 Å². The third-order valence-electron chi connectivity index (χ3n) is 1.84. The number of halogens is 4. The van der Waals surface area contributed by atoms with E-state index in [4.69, 9.17) is 56.6 Å². The van der Waals surface area contributed by atoms with Gasteiger partial charge in [-0.1, -0.05) is 46.4 Å². The van der Waals surface area contributed by atoms with E-state index in [0.717, 1.165) is 0 Å². The summed E-state index contributed by atoms with van der Waals surface area (Å²) in [6.45, 7) is -0.218. The van der Waals surface area contributed by atoms with E-state index in [0.29, 0.717) is 5.69 Å². The van der Waals surface area contributed by atoms with Crippen molar-refractivity contribution in [3.05, 3.63) is 26.2 Å². The normalized spacial score (nSPS) is 12.6. The van der Waals surface area contributed by atoms with E-state index in [9.17, 15) is 0 Å². The molecular weight excluding hydrogens is 296 g/mol. The summed E-state index contributed by atoms with van der Waals surface area (Å²) in [5.41, 5.74) is 0.452. The minimum absolute atomic E-state index is 0.129. The Balaban J connectivity index is 2.89. The van der Waals surface area contributed by atoms with E-state index < -0.39 is 6.10 Å². The van der Waals surface area contributed by atoms with Crippen molar-refractivity contribution in [3.8, 4) is 0 Å². The number of benzene rings is 1. The number of hydrogen-bond donors (Lipinski definition) is 3. The molecule has 0 spiro atoms. The van der Waals surface area contributed by atoms with Crippen LogP contribution in [0.25, 0.3) is 0 Å². The average Bonchev–Trinajstić information content (AvgIpc) is 2.28. The number of rotatable bonds is 4. The zero-order valence-corrected chi connectivity index (χ0v) is 11.0. The third-order valence-corrected chi connectivity index (χ3v) is 3.59. The fraction of sp³-hybridized carbons (Fsp3) is 0.333. The Bertz CT molecular complexity index is 386. The minimum atomic E-state index is -0.885. The number of hydrogen-bond acceptors (Lipinski definition) is 3. The first-order chi connectivity index (χ1) is 7.47. The zero-order chi connectivity index (χ0) is 12.3. The van der Waals surface area contributed by atoms with Crippen LogP contribution < -0.4 is 5.32 Å². The first kappa shape index (κ1) is 14.2. The van der Waals surface area contributed by atoms with Crippen LogP contribution in [0, 0.1) is 0 Å². The van der Waals surface area contributed by atoms with Crippen molar-refractivity contribution in [2.45, 2.75) is 6.10 Å². The maximum Gasteiger partial charge on any atom is 0.0942 e. The lowest BCUT2D eigenvalue weighted by Gasteiger charge is -2.13. The van der Waals surface area contributed by atoms with Gasteiger partial charge in [0.2, 0.25) is 0 Å². The van der Waals surface area contributed by atoms with Crippen LogP contribution in [0.5, 0.6) is 0 Å². The molecule has 90 valence electrons. The quantitative estimate of drug-likeness (QED) is 0.592. The van der Waals surface area contributed by atoms with Crippen molar-refractivity contribution < 1.29 is 10.2 Å². The molecule has 0 saturated heterocycles. The van der Waals surface area contributed by atoms with Crippen LogP contribution in [-0.2, 0) is 0 Å². The first-order valence-electron chi connectivity index (χ1n) is 4.33. The van der Waals surface area contributed by atoms with Gasteiger partial charge in [0.1, 0.15) is 0 Å². The fourth-order valence-corrected chi connectivity index (χ4v) is 1.86. The van der Waals surface area contributed by atoms with Crippen LogP contribution in [0.4, 0.5) is 5.69 Å². The van der Waals surface area contributed by atoms with Crippen molar-refractivity contribution in [1.82, 2.24) is 0 Å². The van der Waals surface area contributed by atoms with Crippen molar-refractivity contribution in [3.63, 3.8) is 0 Å². The van der Waals surface area contributed by atoms with Gasteiger partial charge in [-0.3, -0.25) is 0 Å². The lowest BCUT2D eigenvalue weighted by Crippen LogP contribution is -2.23. The monoisotopic (exact) mass is 303 g/mol.